The highest BCUT2D eigenvalue weighted by atomic mass is 16.2. The molecule has 4 rings (SSSR count). The van der Waals surface area contributed by atoms with E-state index in [-0.39, 0.29) is 12.5 Å². The van der Waals surface area contributed by atoms with Crippen LogP contribution in [0.2, 0.25) is 0 Å². The topological polar surface area (TPSA) is 73.0 Å². The Balaban J connectivity index is 1.50. The van der Waals surface area contributed by atoms with Crippen molar-refractivity contribution in [3.8, 4) is 0 Å². The van der Waals surface area contributed by atoms with Gasteiger partial charge < -0.3 is 9.47 Å². The van der Waals surface area contributed by atoms with Crippen LogP contribution >= 0.6 is 0 Å². The zero-order chi connectivity index (χ0) is 19.7. The predicted molar refractivity (Wildman–Crippen MR) is 106 cm³/mol. The maximum atomic E-state index is 12.5. The van der Waals surface area contributed by atoms with Gasteiger partial charge in [0.2, 0.25) is 5.91 Å². The van der Waals surface area contributed by atoms with Crippen molar-refractivity contribution in [2.45, 2.75) is 39.8 Å². The Hall–Kier alpha value is -2.96. The molecule has 1 amide bonds. The molecule has 0 bridgehead atoms. The van der Waals surface area contributed by atoms with Gasteiger partial charge in [-0.05, 0) is 31.7 Å². The fourth-order valence-corrected chi connectivity index (χ4v) is 3.96. The van der Waals surface area contributed by atoms with E-state index < -0.39 is 0 Å². The minimum atomic E-state index is 0.0918. The second-order valence-electron chi connectivity index (χ2n) is 7.69. The summed E-state index contributed by atoms with van der Waals surface area (Å²) in [5, 5.41) is 9.31. The fourth-order valence-electron chi connectivity index (χ4n) is 3.96. The number of nitrogens with zero attached hydrogens (tertiary/aromatic N) is 5. The standard InChI is InChI=1S/C21H25N5O2/c1-15-7-9-24(10-8-15)21(28)13-25-11-17(22-23-25)12-26-16(2)19(14-27)18-5-3-4-6-20(18)26/h3-6,11,14-15H,7-10,12-13H2,1-2H3. The first kappa shape index (κ1) is 18.4. The quantitative estimate of drug-likeness (QED) is 0.639. The molecule has 1 aromatic carbocycles. The Kier molecular flexibility index (Phi) is 4.98. The molecule has 1 aliphatic rings. The van der Waals surface area contributed by atoms with Crippen molar-refractivity contribution >= 4 is 23.1 Å². The molecular weight excluding hydrogens is 354 g/mol. The first-order chi connectivity index (χ1) is 13.6. The number of amides is 1. The van der Waals surface area contributed by atoms with Crippen LogP contribution in [-0.2, 0) is 17.9 Å². The van der Waals surface area contributed by atoms with Crippen LogP contribution in [0.15, 0.2) is 30.5 Å². The van der Waals surface area contributed by atoms with Crippen LogP contribution in [0.1, 0.15) is 41.5 Å². The Morgan fingerprint density at radius 3 is 2.75 bits per heavy atom. The molecule has 0 radical (unpaired) electrons. The molecule has 0 spiro atoms. The molecule has 28 heavy (non-hydrogen) atoms. The lowest BCUT2D eigenvalue weighted by Crippen LogP contribution is -2.39. The number of para-hydroxylation sites is 1. The van der Waals surface area contributed by atoms with Crippen LogP contribution in [0.5, 0.6) is 0 Å². The van der Waals surface area contributed by atoms with Gasteiger partial charge in [0.15, 0.2) is 6.29 Å². The molecule has 1 fully saturated rings. The van der Waals surface area contributed by atoms with Gasteiger partial charge in [0.1, 0.15) is 12.2 Å². The van der Waals surface area contributed by atoms with Gasteiger partial charge in [-0.25, -0.2) is 4.68 Å². The van der Waals surface area contributed by atoms with Crippen molar-refractivity contribution in [3.05, 3.63) is 47.4 Å². The summed E-state index contributed by atoms with van der Waals surface area (Å²) in [5.74, 6) is 0.784. The first-order valence-corrected chi connectivity index (χ1v) is 9.76. The van der Waals surface area contributed by atoms with Crippen molar-refractivity contribution in [1.82, 2.24) is 24.5 Å². The maximum absolute atomic E-state index is 12.5. The third kappa shape index (κ3) is 3.44. The van der Waals surface area contributed by atoms with E-state index >= 15 is 0 Å². The molecule has 0 aliphatic carbocycles. The number of aldehydes is 1. The minimum Gasteiger partial charge on any atom is -0.341 e. The van der Waals surface area contributed by atoms with Crippen LogP contribution in [0.25, 0.3) is 10.9 Å². The Morgan fingerprint density at radius 1 is 1.25 bits per heavy atom. The van der Waals surface area contributed by atoms with E-state index in [2.05, 4.69) is 21.8 Å². The van der Waals surface area contributed by atoms with E-state index in [0.717, 1.165) is 54.5 Å². The highest BCUT2D eigenvalue weighted by molar-refractivity contribution is 5.99. The monoisotopic (exact) mass is 379 g/mol. The van der Waals surface area contributed by atoms with Gasteiger partial charge >= 0.3 is 0 Å². The zero-order valence-corrected chi connectivity index (χ0v) is 16.3. The highest BCUT2D eigenvalue weighted by Crippen LogP contribution is 2.25. The molecule has 0 atom stereocenters. The van der Waals surface area contributed by atoms with Gasteiger partial charge in [0, 0.05) is 35.2 Å². The van der Waals surface area contributed by atoms with Crippen LogP contribution in [-0.4, -0.2) is 49.7 Å². The molecule has 0 N–H and O–H groups in total. The third-order valence-electron chi connectivity index (χ3n) is 5.74. The van der Waals surface area contributed by atoms with Crippen LogP contribution in [0, 0.1) is 12.8 Å². The number of hydrogen-bond donors (Lipinski definition) is 0. The second kappa shape index (κ2) is 7.58. The van der Waals surface area contributed by atoms with Gasteiger partial charge in [-0.3, -0.25) is 9.59 Å². The first-order valence-electron chi connectivity index (χ1n) is 9.76. The summed E-state index contributed by atoms with van der Waals surface area (Å²) in [7, 11) is 0. The largest absolute Gasteiger partial charge is 0.341 e. The van der Waals surface area contributed by atoms with Gasteiger partial charge in [-0.2, -0.15) is 0 Å². The number of aromatic nitrogens is 4. The summed E-state index contributed by atoms with van der Waals surface area (Å²) < 4.78 is 3.68. The summed E-state index contributed by atoms with van der Waals surface area (Å²) in [6, 6.07) is 7.85. The molecule has 7 nitrogen and oxygen atoms in total. The lowest BCUT2D eigenvalue weighted by molar-refractivity contribution is -0.133. The molecule has 0 saturated carbocycles. The minimum absolute atomic E-state index is 0.0918. The van der Waals surface area contributed by atoms with E-state index in [1.807, 2.05) is 42.3 Å². The molecular formula is C21H25N5O2. The van der Waals surface area contributed by atoms with Crippen LogP contribution < -0.4 is 0 Å². The number of piperidine rings is 1. The average Bonchev–Trinajstić information content (AvgIpc) is 3.25. The van der Waals surface area contributed by atoms with E-state index in [1.54, 1.807) is 4.68 Å². The summed E-state index contributed by atoms with van der Waals surface area (Å²) in [4.78, 5) is 25.9. The molecule has 146 valence electrons. The third-order valence-corrected chi connectivity index (χ3v) is 5.74. The molecule has 1 saturated heterocycles. The number of carbonyl (C=O) groups excluding carboxylic acids is 2. The Bertz CT molecular complexity index is 1010. The lowest BCUT2D eigenvalue weighted by Gasteiger charge is -2.30. The molecule has 2 aromatic heterocycles. The molecule has 3 aromatic rings. The molecule has 3 heterocycles. The predicted octanol–water partition coefficient (Wildman–Crippen LogP) is 2.66. The SMILES string of the molecule is Cc1c(C=O)c2ccccc2n1Cc1cn(CC(=O)N2CCC(C)CC2)nn1. The number of rotatable bonds is 5. The molecule has 7 heteroatoms. The van der Waals surface area contributed by atoms with Crippen molar-refractivity contribution in [1.29, 1.82) is 0 Å². The summed E-state index contributed by atoms with van der Waals surface area (Å²) in [6.45, 7) is 6.54. The van der Waals surface area contributed by atoms with Crippen LogP contribution in [0.4, 0.5) is 0 Å². The molecule has 0 unspecified atom stereocenters. The normalized spacial score (nSPS) is 15.3. The lowest BCUT2D eigenvalue weighted by atomic mass is 9.99. The smallest absolute Gasteiger partial charge is 0.244 e. The van der Waals surface area contributed by atoms with Gasteiger partial charge in [-0.15, -0.1) is 5.10 Å². The van der Waals surface area contributed by atoms with Crippen molar-refractivity contribution in [3.63, 3.8) is 0 Å². The summed E-state index contributed by atoms with van der Waals surface area (Å²) in [6.07, 6.45) is 4.85. The van der Waals surface area contributed by atoms with E-state index in [9.17, 15) is 9.59 Å². The molecule has 1 aliphatic heterocycles. The van der Waals surface area contributed by atoms with Gasteiger partial charge in [0.05, 0.1) is 12.7 Å². The van der Waals surface area contributed by atoms with Gasteiger partial charge in [0.25, 0.3) is 0 Å². The average molecular weight is 379 g/mol. The summed E-state index contributed by atoms with van der Waals surface area (Å²) >= 11 is 0. The Morgan fingerprint density at radius 2 is 2.00 bits per heavy atom. The highest BCUT2D eigenvalue weighted by Gasteiger charge is 2.21. The number of fused-ring (bicyclic) bond motifs is 1. The van der Waals surface area contributed by atoms with E-state index in [4.69, 9.17) is 0 Å². The van der Waals surface area contributed by atoms with E-state index in [1.165, 1.54) is 0 Å². The van der Waals surface area contributed by atoms with Crippen molar-refractivity contribution in [2.24, 2.45) is 5.92 Å². The van der Waals surface area contributed by atoms with Crippen LogP contribution in [0.3, 0.4) is 0 Å². The number of hydrogen-bond acceptors (Lipinski definition) is 4. The van der Waals surface area contributed by atoms with Gasteiger partial charge in [-0.1, -0.05) is 30.3 Å². The van der Waals surface area contributed by atoms with Crippen molar-refractivity contribution < 1.29 is 9.59 Å². The van der Waals surface area contributed by atoms with Crippen molar-refractivity contribution in [2.75, 3.05) is 13.1 Å². The second-order valence-corrected chi connectivity index (χ2v) is 7.69. The maximum Gasteiger partial charge on any atom is 0.244 e. The van der Waals surface area contributed by atoms with E-state index in [0.29, 0.717) is 18.0 Å². The summed E-state index contributed by atoms with van der Waals surface area (Å²) in [5.41, 5.74) is 3.37. The fraction of sp³-hybridized carbons (Fsp3) is 0.429. The zero-order valence-electron chi connectivity index (χ0n) is 16.3. The number of likely N-dealkylation sites (tertiary alicyclic amines) is 1. The number of benzene rings is 1. The Labute approximate surface area is 163 Å². The number of carbonyl (C=O) groups is 2.